The molecular weight excluding hydrogens is 210 g/mol. The molecule has 15 heavy (non-hydrogen) atoms. The summed E-state index contributed by atoms with van der Waals surface area (Å²) in [6, 6.07) is 6.13. The Labute approximate surface area is 93.9 Å². The molecular formula is C12H14ClNO. The highest BCUT2D eigenvalue weighted by atomic mass is 35.5. The molecule has 2 N–H and O–H groups in total. The van der Waals surface area contributed by atoms with Crippen molar-refractivity contribution in [2.45, 2.75) is 19.8 Å². The van der Waals surface area contributed by atoms with Gasteiger partial charge in [0.25, 0.3) is 0 Å². The molecule has 0 spiro atoms. The molecule has 2 aromatic rings. The maximum absolute atomic E-state index is 8.78. The lowest BCUT2D eigenvalue weighted by Gasteiger charge is -2.03. The van der Waals surface area contributed by atoms with Gasteiger partial charge in [0.05, 0.1) is 0 Å². The van der Waals surface area contributed by atoms with Crippen LogP contribution < -0.4 is 0 Å². The lowest BCUT2D eigenvalue weighted by Crippen LogP contribution is -1.90. The number of rotatable bonds is 3. The summed E-state index contributed by atoms with van der Waals surface area (Å²) in [7, 11) is 0. The zero-order valence-electron chi connectivity index (χ0n) is 8.68. The summed E-state index contributed by atoms with van der Waals surface area (Å²) in [5.74, 6) is 0. The van der Waals surface area contributed by atoms with Crippen LogP contribution in [0.2, 0.25) is 5.02 Å². The molecule has 0 saturated carbocycles. The molecule has 2 nitrogen and oxygen atoms in total. The van der Waals surface area contributed by atoms with E-state index in [1.807, 2.05) is 13.0 Å². The van der Waals surface area contributed by atoms with Crippen LogP contribution >= 0.6 is 11.6 Å². The van der Waals surface area contributed by atoms with Crippen LogP contribution in [0.15, 0.2) is 18.2 Å². The number of H-pyrrole nitrogens is 1. The number of fused-ring (bicyclic) bond motifs is 1. The van der Waals surface area contributed by atoms with Crippen molar-refractivity contribution in [2.75, 3.05) is 6.61 Å². The van der Waals surface area contributed by atoms with Gasteiger partial charge < -0.3 is 10.1 Å². The number of halogens is 1. The Morgan fingerprint density at radius 2 is 2.13 bits per heavy atom. The van der Waals surface area contributed by atoms with E-state index in [0.717, 1.165) is 40.0 Å². The smallest absolute Gasteiger partial charge is 0.0459 e. The Kier molecular flexibility index (Phi) is 2.98. The monoisotopic (exact) mass is 223 g/mol. The number of nitrogens with one attached hydrogen (secondary N) is 1. The molecule has 0 radical (unpaired) electrons. The van der Waals surface area contributed by atoms with Gasteiger partial charge in [0, 0.05) is 28.2 Å². The first kappa shape index (κ1) is 10.5. The van der Waals surface area contributed by atoms with E-state index in [1.54, 1.807) is 0 Å². The zero-order valence-corrected chi connectivity index (χ0v) is 9.43. The summed E-state index contributed by atoms with van der Waals surface area (Å²) >= 11 is 6.15. The second-order valence-corrected chi connectivity index (χ2v) is 4.22. The molecule has 0 unspecified atom stereocenters. The van der Waals surface area contributed by atoms with Crippen LogP contribution in [0.25, 0.3) is 10.9 Å². The van der Waals surface area contributed by atoms with Crippen LogP contribution in [-0.4, -0.2) is 16.7 Å². The van der Waals surface area contributed by atoms with E-state index in [1.165, 1.54) is 0 Å². The molecule has 0 aliphatic carbocycles. The van der Waals surface area contributed by atoms with Crippen LogP contribution in [-0.2, 0) is 6.42 Å². The van der Waals surface area contributed by atoms with Gasteiger partial charge in [-0.3, -0.25) is 0 Å². The van der Waals surface area contributed by atoms with Gasteiger partial charge in [0.2, 0.25) is 0 Å². The van der Waals surface area contributed by atoms with E-state index in [9.17, 15) is 0 Å². The highest BCUT2D eigenvalue weighted by molar-refractivity contribution is 6.32. The number of benzene rings is 1. The first-order valence-electron chi connectivity index (χ1n) is 5.09. The number of aliphatic hydroxyl groups is 1. The molecule has 0 saturated heterocycles. The van der Waals surface area contributed by atoms with Crippen molar-refractivity contribution in [1.82, 2.24) is 4.98 Å². The van der Waals surface area contributed by atoms with Crippen molar-refractivity contribution in [3.8, 4) is 0 Å². The van der Waals surface area contributed by atoms with Gasteiger partial charge in [0.1, 0.15) is 0 Å². The Morgan fingerprint density at radius 3 is 2.87 bits per heavy atom. The topological polar surface area (TPSA) is 36.0 Å². The minimum atomic E-state index is 0.206. The number of hydrogen-bond donors (Lipinski definition) is 2. The fraction of sp³-hybridized carbons (Fsp3) is 0.333. The molecule has 2 rings (SSSR count). The van der Waals surface area contributed by atoms with Gasteiger partial charge in [-0.25, -0.2) is 0 Å². The van der Waals surface area contributed by atoms with Crippen molar-refractivity contribution in [1.29, 1.82) is 0 Å². The molecule has 1 aromatic carbocycles. The minimum absolute atomic E-state index is 0.206. The fourth-order valence-electron chi connectivity index (χ4n) is 1.80. The van der Waals surface area contributed by atoms with Gasteiger partial charge in [-0.1, -0.05) is 11.6 Å². The second-order valence-electron chi connectivity index (χ2n) is 3.81. The maximum atomic E-state index is 8.78. The van der Waals surface area contributed by atoms with Crippen molar-refractivity contribution in [2.24, 2.45) is 0 Å². The van der Waals surface area contributed by atoms with Crippen LogP contribution in [0.5, 0.6) is 0 Å². The number of aromatic nitrogens is 1. The quantitative estimate of drug-likeness (QED) is 0.825. The van der Waals surface area contributed by atoms with E-state index in [2.05, 4.69) is 17.1 Å². The predicted octanol–water partition coefficient (Wildman–Crippen LogP) is 3.05. The van der Waals surface area contributed by atoms with E-state index >= 15 is 0 Å². The molecule has 1 aromatic heterocycles. The molecule has 0 amide bonds. The Bertz CT molecular complexity index is 476. The maximum Gasteiger partial charge on any atom is 0.0459 e. The molecule has 0 aliphatic rings. The normalized spacial score (nSPS) is 11.1. The lowest BCUT2D eigenvalue weighted by molar-refractivity contribution is 0.288. The number of aromatic amines is 1. The van der Waals surface area contributed by atoms with E-state index < -0.39 is 0 Å². The van der Waals surface area contributed by atoms with Gasteiger partial charge in [-0.15, -0.1) is 0 Å². The fourth-order valence-corrected chi connectivity index (χ4v) is 2.07. The first-order valence-corrected chi connectivity index (χ1v) is 5.47. The predicted molar refractivity (Wildman–Crippen MR) is 63.5 cm³/mol. The largest absolute Gasteiger partial charge is 0.396 e. The SMILES string of the molecule is Cc1cc2cc(Cl)c(CCCO)cc2[nH]1. The lowest BCUT2D eigenvalue weighted by atomic mass is 10.1. The van der Waals surface area contributed by atoms with Crippen molar-refractivity contribution in [3.05, 3.63) is 34.5 Å². The molecule has 3 heteroatoms. The third-order valence-electron chi connectivity index (χ3n) is 2.53. The van der Waals surface area contributed by atoms with Crippen LogP contribution in [0, 0.1) is 6.92 Å². The molecule has 80 valence electrons. The molecule has 0 bridgehead atoms. The van der Waals surface area contributed by atoms with Crippen molar-refractivity contribution < 1.29 is 5.11 Å². The average Bonchev–Trinajstić information content (AvgIpc) is 2.53. The van der Waals surface area contributed by atoms with Crippen molar-refractivity contribution >= 4 is 22.5 Å². The summed E-state index contributed by atoms with van der Waals surface area (Å²) < 4.78 is 0. The van der Waals surface area contributed by atoms with Gasteiger partial charge in [-0.05, 0) is 43.5 Å². The van der Waals surface area contributed by atoms with E-state index in [-0.39, 0.29) is 6.61 Å². The Hall–Kier alpha value is -0.990. The van der Waals surface area contributed by atoms with Crippen LogP contribution in [0.3, 0.4) is 0 Å². The standard InChI is InChI=1S/C12H14ClNO/c1-8-5-10-6-11(13)9(3-2-4-15)7-12(10)14-8/h5-7,14-15H,2-4H2,1H3. The summed E-state index contributed by atoms with van der Waals surface area (Å²) in [6.07, 6.45) is 1.58. The third kappa shape index (κ3) is 2.16. The van der Waals surface area contributed by atoms with E-state index in [4.69, 9.17) is 16.7 Å². The molecule has 1 heterocycles. The Morgan fingerprint density at radius 1 is 1.33 bits per heavy atom. The van der Waals surface area contributed by atoms with Gasteiger partial charge in [-0.2, -0.15) is 0 Å². The Balaban J connectivity index is 2.42. The van der Waals surface area contributed by atoms with Crippen LogP contribution in [0.4, 0.5) is 0 Å². The number of hydrogen-bond acceptors (Lipinski definition) is 1. The van der Waals surface area contributed by atoms with Gasteiger partial charge in [0.15, 0.2) is 0 Å². The summed E-state index contributed by atoms with van der Waals surface area (Å²) in [5, 5.41) is 10.7. The molecule has 0 fully saturated rings. The van der Waals surface area contributed by atoms with E-state index in [0.29, 0.717) is 0 Å². The zero-order chi connectivity index (χ0) is 10.8. The molecule has 0 aliphatic heterocycles. The summed E-state index contributed by atoms with van der Waals surface area (Å²) in [5.41, 5.74) is 3.35. The highest BCUT2D eigenvalue weighted by Crippen LogP contribution is 2.25. The first-order chi connectivity index (χ1) is 7.20. The van der Waals surface area contributed by atoms with Gasteiger partial charge >= 0.3 is 0 Å². The second kappa shape index (κ2) is 4.25. The summed E-state index contributed by atoms with van der Waals surface area (Å²) in [6.45, 7) is 2.24. The minimum Gasteiger partial charge on any atom is -0.396 e. The number of aliphatic hydroxyl groups excluding tert-OH is 1. The molecule has 0 atom stereocenters. The number of aryl methyl sites for hydroxylation is 2. The van der Waals surface area contributed by atoms with Crippen LogP contribution in [0.1, 0.15) is 17.7 Å². The average molecular weight is 224 g/mol. The van der Waals surface area contributed by atoms with Crippen molar-refractivity contribution in [3.63, 3.8) is 0 Å². The summed E-state index contributed by atoms with van der Waals surface area (Å²) in [4.78, 5) is 3.28. The third-order valence-corrected chi connectivity index (χ3v) is 2.88. The highest BCUT2D eigenvalue weighted by Gasteiger charge is 2.04.